The van der Waals surface area contributed by atoms with E-state index in [2.05, 4.69) is 21.2 Å². The molecular formula is C14H12BrFN2O. The molecular weight excluding hydrogens is 311 g/mol. The number of anilines is 2. The Labute approximate surface area is 118 Å². The molecule has 3 nitrogen and oxygen atoms in total. The number of rotatable bonds is 2. The van der Waals surface area contributed by atoms with Crippen molar-refractivity contribution in [1.29, 1.82) is 0 Å². The lowest BCUT2D eigenvalue weighted by atomic mass is 10.1. The zero-order valence-corrected chi connectivity index (χ0v) is 11.8. The Hall–Kier alpha value is -1.88. The summed E-state index contributed by atoms with van der Waals surface area (Å²) >= 11 is 3.34. The Morgan fingerprint density at radius 2 is 2.05 bits per heavy atom. The van der Waals surface area contributed by atoms with Crippen molar-refractivity contribution in [3.63, 3.8) is 0 Å². The summed E-state index contributed by atoms with van der Waals surface area (Å²) in [4.78, 5) is 12.0. The van der Waals surface area contributed by atoms with Crippen LogP contribution in [0.1, 0.15) is 15.9 Å². The van der Waals surface area contributed by atoms with E-state index in [4.69, 9.17) is 5.73 Å². The first-order chi connectivity index (χ1) is 8.97. The Bertz CT molecular complexity index is 620. The predicted molar refractivity (Wildman–Crippen MR) is 77.6 cm³/mol. The normalized spacial score (nSPS) is 10.3. The van der Waals surface area contributed by atoms with E-state index in [0.717, 1.165) is 5.56 Å². The zero-order valence-electron chi connectivity index (χ0n) is 10.2. The molecule has 0 spiro atoms. The number of nitrogens with two attached hydrogens (primary N) is 1. The van der Waals surface area contributed by atoms with Gasteiger partial charge in [-0.15, -0.1) is 0 Å². The van der Waals surface area contributed by atoms with Crippen LogP contribution in [0.15, 0.2) is 40.9 Å². The second-order valence-corrected chi connectivity index (χ2v) is 5.03. The quantitative estimate of drug-likeness (QED) is 0.828. The molecule has 19 heavy (non-hydrogen) atoms. The first kappa shape index (κ1) is 13.5. The van der Waals surface area contributed by atoms with Crippen molar-refractivity contribution in [2.45, 2.75) is 6.92 Å². The fourth-order valence-electron chi connectivity index (χ4n) is 1.72. The topological polar surface area (TPSA) is 55.1 Å². The second kappa shape index (κ2) is 5.40. The number of carbonyl (C=O) groups is 1. The molecule has 0 aliphatic carbocycles. The number of nitrogens with one attached hydrogen (secondary N) is 1. The Morgan fingerprint density at radius 1 is 1.32 bits per heavy atom. The highest BCUT2D eigenvalue weighted by atomic mass is 79.9. The van der Waals surface area contributed by atoms with Gasteiger partial charge >= 0.3 is 0 Å². The van der Waals surface area contributed by atoms with Crippen LogP contribution in [0.25, 0.3) is 0 Å². The first-order valence-electron chi connectivity index (χ1n) is 5.60. The van der Waals surface area contributed by atoms with Crippen molar-refractivity contribution >= 4 is 33.2 Å². The molecule has 0 aliphatic heterocycles. The summed E-state index contributed by atoms with van der Waals surface area (Å²) in [5.41, 5.74) is 8.02. The lowest BCUT2D eigenvalue weighted by molar-refractivity contribution is 0.102. The van der Waals surface area contributed by atoms with Gasteiger partial charge in [-0.2, -0.15) is 0 Å². The summed E-state index contributed by atoms with van der Waals surface area (Å²) in [6.07, 6.45) is 0. The lowest BCUT2D eigenvalue weighted by Crippen LogP contribution is -2.14. The van der Waals surface area contributed by atoms with Crippen molar-refractivity contribution in [2.24, 2.45) is 0 Å². The zero-order chi connectivity index (χ0) is 14.0. The minimum Gasteiger partial charge on any atom is -0.397 e. The summed E-state index contributed by atoms with van der Waals surface area (Å²) in [7, 11) is 0. The van der Waals surface area contributed by atoms with E-state index < -0.39 is 11.7 Å². The van der Waals surface area contributed by atoms with E-state index in [-0.39, 0.29) is 5.56 Å². The summed E-state index contributed by atoms with van der Waals surface area (Å²) in [5, 5.41) is 2.67. The Morgan fingerprint density at radius 3 is 2.68 bits per heavy atom. The van der Waals surface area contributed by atoms with E-state index >= 15 is 0 Å². The molecule has 0 aliphatic rings. The summed E-state index contributed by atoms with van der Waals surface area (Å²) in [5.74, 6) is -0.862. The van der Waals surface area contributed by atoms with E-state index in [9.17, 15) is 9.18 Å². The molecule has 98 valence electrons. The average Bonchev–Trinajstić information content (AvgIpc) is 2.33. The SMILES string of the molecule is Cc1cc(N)c(NC(=O)c2cccc(F)c2)c(Br)c1. The molecule has 0 unspecified atom stereocenters. The maximum Gasteiger partial charge on any atom is 0.255 e. The van der Waals surface area contributed by atoms with Crippen molar-refractivity contribution < 1.29 is 9.18 Å². The third-order valence-corrected chi connectivity index (χ3v) is 3.22. The van der Waals surface area contributed by atoms with Crippen LogP contribution >= 0.6 is 15.9 Å². The van der Waals surface area contributed by atoms with Crippen LogP contribution in [-0.2, 0) is 0 Å². The Balaban J connectivity index is 2.29. The highest BCUT2D eigenvalue weighted by molar-refractivity contribution is 9.10. The molecule has 2 aromatic rings. The van der Waals surface area contributed by atoms with E-state index in [0.29, 0.717) is 15.8 Å². The van der Waals surface area contributed by atoms with Gasteiger partial charge in [-0.3, -0.25) is 4.79 Å². The minimum atomic E-state index is -0.455. The molecule has 1 amide bonds. The maximum atomic E-state index is 13.1. The van der Waals surface area contributed by atoms with Gasteiger partial charge in [0.05, 0.1) is 11.4 Å². The second-order valence-electron chi connectivity index (χ2n) is 4.18. The smallest absolute Gasteiger partial charge is 0.255 e. The number of benzene rings is 2. The number of hydrogen-bond donors (Lipinski definition) is 2. The number of halogens is 2. The fraction of sp³-hybridized carbons (Fsp3) is 0.0714. The van der Waals surface area contributed by atoms with Gasteiger partial charge in [0.2, 0.25) is 0 Å². The van der Waals surface area contributed by atoms with Gasteiger partial charge in [-0.05, 0) is 58.7 Å². The number of carbonyl (C=O) groups excluding carboxylic acids is 1. The highest BCUT2D eigenvalue weighted by Gasteiger charge is 2.12. The van der Waals surface area contributed by atoms with E-state index in [1.165, 1.54) is 24.3 Å². The molecule has 0 radical (unpaired) electrons. The summed E-state index contributed by atoms with van der Waals surface area (Å²) in [6.45, 7) is 1.90. The molecule has 0 heterocycles. The van der Waals surface area contributed by atoms with Gasteiger partial charge in [0.25, 0.3) is 5.91 Å². The van der Waals surface area contributed by atoms with Gasteiger partial charge in [0, 0.05) is 10.0 Å². The fourth-order valence-corrected chi connectivity index (χ4v) is 2.41. The Kier molecular flexibility index (Phi) is 3.85. The number of aryl methyl sites for hydroxylation is 1. The van der Waals surface area contributed by atoms with Crippen LogP contribution in [0, 0.1) is 12.7 Å². The summed E-state index contributed by atoms with van der Waals surface area (Å²) < 4.78 is 13.8. The first-order valence-corrected chi connectivity index (χ1v) is 6.39. The third-order valence-electron chi connectivity index (χ3n) is 2.59. The number of amides is 1. The average molecular weight is 323 g/mol. The standard InChI is InChI=1S/C14H12BrFN2O/c1-8-5-11(15)13(12(17)6-8)18-14(19)9-3-2-4-10(16)7-9/h2-7H,17H2,1H3,(H,18,19). The lowest BCUT2D eigenvalue weighted by Gasteiger charge is -2.11. The molecule has 0 fully saturated rings. The van der Waals surface area contributed by atoms with Gasteiger partial charge in [-0.1, -0.05) is 6.07 Å². The number of hydrogen-bond acceptors (Lipinski definition) is 2. The largest absolute Gasteiger partial charge is 0.397 e. The maximum absolute atomic E-state index is 13.1. The van der Waals surface area contributed by atoms with Crippen LogP contribution in [0.5, 0.6) is 0 Å². The number of nitrogen functional groups attached to an aromatic ring is 1. The monoisotopic (exact) mass is 322 g/mol. The molecule has 3 N–H and O–H groups in total. The van der Waals surface area contributed by atoms with Crippen molar-refractivity contribution in [1.82, 2.24) is 0 Å². The van der Waals surface area contributed by atoms with E-state index in [1.54, 1.807) is 6.07 Å². The van der Waals surface area contributed by atoms with Gasteiger partial charge in [0.15, 0.2) is 0 Å². The van der Waals surface area contributed by atoms with Crippen molar-refractivity contribution in [3.05, 3.63) is 57.8 Å². The predicted octanol–water partition coefficient (Wildman–Crippen LogP) is 3.73. The van der Waals surface area contributed by atoms with Crippen molar-refractivity contribution in [3.8, 4) is 0 Å². The van der Waals surface area contributed by atoms with Gasteiger partial charge in [0.1, 0.15) is 5.82 Å². The molecule has 0 bridgehead atoms. The molecule has 0 atom stereocenters. The van der Waals surface area contributed by atoms with Gasteiger partial charge < -0.3 is 11.1 Å². The van der Waals surface area contributed by atoms with Crippen LogP contribution in [-0.4, -0.2) is 5.91 Å². The van der Waals surface area contributed by atoms with Crippen molar-refractivity contribution in [2.75, 3.05) is 11.1 Å². The third kappa shape index (κ3) is 3.12. The van der Waals surface area contributed by atoms with Crippen LogP contribution in [0.2, 0.25) is 0 Å². The molecule has 0 aromatic heterocycles. The molecule has 0 saturated carbocycles. The molecule has 2 aromatic carbocycles. The van der Waals surface area contributed by atoms with Crippen LogP contribution < -0.4 is 11.1 Å². The molecule has 0 saturated heterocycles. The van der Waals surface area contributed by atoms with Gasteiger partial charge in [-0.25, -0.2) is 4.39 Å². The van der Waals surface area contributed by atoms with E-state index in [1.807, 2.05) is 13.0 Å². The van der Waals surface area contributed by atoms with Crippen LogP contribution in [0.3, 0.4) is 0 Å². The highest BCUT2D eigenvalue weighted by Crippen LogP contribution is 2.30. The molecule has 5 heteroatoms. The molecule has 2 rings (SSSR count). The summed E-state index contributed by atoms with van der Waals surface area (Å²) in [6, 6.07) is 9.08. The minimum absolute atomic E-state index is 0.242. The van der Waals surface area contributed by atoms with Crippen LogP contribution in [0.4, 0.5) is 15.8 Å².